The lowest BCUT2D eigenvalue weighted by atomic mass is 10.1. The maximum Gasteiger partial charge on any atom is 0.0991 e. The first-order valence-electron chi connectivity index (χ1n) is 6.64. The summed E-state index contributed by atoms with van der Waals surface area (Å²) in [7, 11) is 2.20. The summed E-state index contributed by atoms with van der Waals surface area (Å²) >= 11 is 0. The molecule has 3 heteroatoms. The highest BCUT2D eigenvalue weighted by molar-refractivity contribution is 5.32. The van der Waals surface area contributed by atoms with Gasteiger partial charge in [-0.05, 0) is 51.1 Å². The smallest absolute Gasteiger partial charge is 0.0991 e. The van der Waals surface area contributed by atoms with Crippen LogP contribution in [-0.2, 0) is 0 Å². The maximum atomic E-state index is 8.77. The van der Waals surface area contributed by atoms with Crippen molar-refractivity contribution >= 4 is 0 Å². The summed E-state index contributed by atoms with van der Waals surface area (Å²) < 4.78 is 0. The van der Waals surface area contributed by atoms with Gasteiger partial charge in [0, 0.05) is 18.6 Å². The van der Waals surface area contributed by atoms with Gasteiger partial charge < -0.3 is 10.2 Å². The minimum atomic E-state index is 0.340. The largest absolute Gasteiger partial charge is 0.309 e. The molecule has 0 aliphatic carbocycles. The molecule has 0 aromatic heterocycles. The third-order valence-electron chi connectivity index (χ3n) is 3.87. The average molecular weight is 243 g/mol. The Morgan fingerprint density at radius 2 is 2.17 bits per heavy atom. The Labute approximate surface area is 109 Å². The van der Waals surface area contributed by atoms with Crippen LogP contribution in [0.2, 0.25) is 0 Å². The summed E-state index contributed by atoms with van der Waals surface area (Å²) in [4.78, 5) is 2.43. The lowest BCUT2D eigenvalue weighted by molar-refractivity contribution is 0.293. The highest BCUT2D eigenvalue weighted by Crippen LogP contribution is 2.17. The van der Waals surface area contributed by atoms with Crippen LogP contribution < -0.4 is 5.32 Å². The number of benzene rings is 1. The fourth-order valence-electron chi connectivity index (χ4n) is 2.51. The predicted octanol–water partition coefficient (Wildman–Crippen LogP) is 2.30. The molecule has 1 fully saturated rings. The number of nitriles is 1. The van der Waals surface area contributed by atoms with Crippen LogP contribution in [0.3, 0.4) is 0 Å². The lowest BCUT2D eigenvalue weighted by Crippen LogP contribution is -2.36. The first-order chi connectivity index (χ1) is 8.70. The quantitative estimate of drug-likeness (QED) is 0.882. The summed E-state index contributed by atoms with van der Waals surface area (Å²) in [5.41, 5.74) is 1.97. The molecule has 0 amide bonds. The summed E-state index contributed by atoms with van der Waals surface area (Å²) in [6.07, 6.45) is 2.61. The van der Waals surface area contributed by atoms with E-state index in [4.69, 9.17) is 5.26 Å². The molecule has 0 spiro atoms. The molecule has 1 heterocycles. The lowest BCUT2D eigenvalue weighted by Gasteiger charge is -2.22. The van der Waals surface area contributed by atoms with E-state index in [-0.39, 0.29) is 0 Å². The van der Waals surface area contributed by atoms with Gasteiger partial charge in [-0.3, -0.25) is 0 Å². The number of hydrogen-bond acceptors (Lipinski definition) is 3. The number of nitrogens with zero attached hydrogens (tertiary/aromatic N) is 2. The highest BCUT2D eigenvalue weighted by atomic mass is 15.2. The van der Waals surface area contributed by atoms with Crippen molar-refractivity contribution in [2.45, 2.75) is 31.8 Å². The predicted molar refractivity (Wildman–Crippen MR) is 73.2 cm³/mol. The van der Waals surface area contributed by atoms with E-state index in [0.717, 1.165) is 12.1 Å². The van der Waals surface area contributed by atoms with Crippen LogP contribution >= 0.6 is 0 Å². The monoisotopic (exact) mass is 243 g/mol. The molecule has 0 bridgehead atoms. The zero-order valence-corrected chi connectivity index (χ0v) is 11.2. The zero-order chi connectivity index (χ0) is 13.0. The van der Waals surface area contributed by atoms with E-state index in [1.54, 1.807) is 0 Å². The van der Waals surface area contributed by atoms with Crippen molar-refractivity contribution in [3.8, 4) is 6.07 Å². The number of rotatable bonds is 4. The molecule has 1 saturated heterocycles. The number of likely N-dealkylation sites (tertiary alicyclic amines) is 1. The molecule has 2 atom stereocenters. The average Bonchev–Trinajstić information content (AvgIpc) is 2.81. The Balaban J connectivity index is 1.87. The van der Waals surface area contributed by atoms with Gasteiger partial charge in [-0.15, -0.1) is 0 Å². The fourth-order valence-corrected chi connectivity index (χ4v) is 2.51. The van der Waals surface area contributed by atoms with Crippen LogP contribution in [0.1, 0.15) is 36.9 Å². The van der Waals surface area contributed by atoms with E-state index in [1.807, 2.05) is 24.3 Å². The molecule has 0 saturated carbocycles. The molecule has 0 radical (unpaired) electrons. The molecule has 2 unspecified atom stereocenters. The zero-order valence-electron chi connectivity index (χ0n) is 11.2. The molecule has 1 aromatic carbocycles. The van der Waals surface area contributed by atoms with Gasteiger partial charge in [-0.2, -0.15) is 5.26 Å². The molecule has 1 aliphatic heterocycles. The second-order valence-electron chi connectivity index (χ2n) is 5.14. The summed E-state index contributed by atoms with van der Waals surface area (Å²) in [5.74, 6) is 0. The van der Waals surface area contributed by atoms with E-state index in [0.29, 0.717) is 12.1 Å². The first kappa shape index (κ1) is 13.1. The molecule has 1 N–H and O–H groups in total. The van der Waals surface area contributed by atoms with Crippen LogP contribution in [-0.4, -0.2) is 31.1 Å². The fraction of sp³-hybridized carbons (Fsp3) is 0.533. The van der Waals surface area contributed by atoms with Crippen LogP contribution in [0.25, 0.3) is 0 Å². The van der Waals surface area contributed by atoms with E-state index in [2.05, 4.69) is 30.3 Å². The van der Waals surface area contributed by atoms with Gasteiger partial charge in [0.25, 0.3) is 0 Å². The summed E-state index contributed by atoms with van der Waals surface area (Å²) in [6.45, 7) is 4.44. The van der Waals surface area contributed by atoms with E-state index in [9.17, 15) is 0 Å². The number of nitrogens with one attached hydrogen (secondary N) is 1. The second kappa shape index (κ2) is 5.99. The number of hydrogen-bond donors (Lipinski definition) is 1. The Morgan fingerprint density at radius 3 is 2.72 bits per heavy atom. The Bertz CT molecular complexity index is 418. The van der Waals surface area contributed by atoms with Crippen molar-refractivity contribution in [3.63, 3.8) is 0 Å². The minimum Gasteiger partial charge on any atom is -0.309 e. The van der Waals surface area contributed by atoms with E-state index >= 15 is 0 Å². The molecule has 1 aliphatic rings. The van der Waals surface area contributed by atoms with Crippen molar-refractivity contribution in [1.82, 2.24) is 10.2 Å². The van der Waals surface area contributed by atoms with Crippen LogP contribution in [0.5, 0.6) is 0 Å². The molecule has 1 aromatic rings. The molecule has 3 nitrogen and oxygen atoms in total. The molecule has 96 valence electrons. The van der Waals surface area contributed by atoms with Crippen LogP contribution in [0.15, 0.2) is 24.3 Å². The topological polar surface area (TPSA) is 39.1 Å². The van der Waals surface area contributed by atoms with Crippen molar-refractivity contribution in [1.29, 1.82) is 5.26 Å². The molecular formula is C15H21N3. The summed E-state index contributed by atoms with van der Waals surface area (Å²) in [6, 6.07) is 11.0. The highest BCUT2D eigenvalue weighted by Gasteiger charge is 2.20. The first-order valence-corrected chi connectivity index (χ1v) is 6.64. The van der Waals surface area contributed by atoms with Gasteiger partial charge in [-0.1, -0.05) is 12.1 Å². The van der Waals surface area contributed by atoms with Gasteiger partial charge in [-0.25, -0.2) is 0 Å². The van der Waals surface area contributed by atoms with Gasteiger partial charge in [0.15, 0.2) is 0 Å². The summed E-state index contributed by atoms with van der Waals surface area (Å²) in [5, 5.41) is 12.4. The molecule has 2 rings (SSSR count). The Morgan fingerprint density at radius 1 is 1.44 bits per heavy atom. The van der Waals surface area contributed by atoms with Crippen molar-refractivity contribution in [2.24, 2.45) is 0 Å². The van der Waals surface area contributed by atoms with Crippen molar-refractivity contribution in [2.75, 3.05) is 20.1 Å². The van der Waals surface area contributed by atoms with Crippen LogP contribution in [0.4, 0.5) is 0 Å². The second-order valence-corrected chi connectivity index (χ2v) is 5.14. The standard InChI is InChI=1S/C15H21N3/c1-12(14-7-5-13(10-16)6-8-14)17-11-15-4-3-9-18(15)2/h5-8,12,15,17H,3-4,9,11H2,1-2H3. The third-order valence-corrected chi connectivity index (χ3v) is 3.87. The van der Waals surface area contributed by atoms with Gasteiger partial charge in [0.05, 0.1) is 11.6 Å². The van der Waals surface area contributed by atoms with Gasteiger partial charge >= 0.3 is 0 Å². The number of likely N-dealkylation sites (N-methyl/N-ethyl adjacent to an activating group) is 1. The van der Waals surface area contributed by atoms with Crippen LogP contribution in [0, 0.1) is 11.3 Å². The maximum absolute atomic E-state index is 8.77. The third kappa shape index (κ3) is 3.10. The van der Waals surface area contributed by atoms with Crippen molar-refractivity contribution in [3.05, 3.63) is 35.4 Å². The van der Waals surface area contributed by atoms with Gasteiger partial charge in [0.2, 0.25) is 0 Å². The molecule has 18 heavy (non-hydrogen) atoms. The Hall–Kier alpha value is -1.37. The minimum absolute atomic E-state index is 0.340. The van der Waals surface area contributed by atoms with E-state index in [1.165, 1.54) is 24.9 Å². The molecular weight excluding hydrogens is 222 g/mol. The van der Waals surface area contributed by atoms with Gasteiger partial charge in [0.1, 0.15) is 0 Å². The normalized spacial score (nSPS) is 21.7. The SMILES string of the molecule is CC(NCC1CCCN1C)c1ccc(C#N)cc1. The van der Waals surface area contributed by atoms with Crippen molar-refractivity contribution < 1.29 is 0 Å². The van der Waals surface area contributed by atoms with E-state index < -0.39 is 0 Å². The Kier molecular flexibility index (Phi) is 4.35.